The number of nitrogens with zero attached hydrogens (tertiary/aromatic N) is 1. The van der Waals surface area contributed by atoms with Crippen LogP contribution < -0.4 is 5.32 Å². The molecule has 2 heterocycles. The standard InChI is InChI=1S/C14H14N2O4S/c17-10(6-8-4-2-1-3-5-8)15-11-12(18)16-7-9(14(19)20)21-13(11)16/h1-5,9,11,13H,6-7H2,(H,15,17)(H,19,20)/t9?,11-,13-/m1/s1. The van der Waals surface area contributed by atoms with E-state index in [1.165, 1.54) is 16.7 Å². The van der Waals surface area contributed by atoms with E-state index in [4.69, 9.17) is 5.11 Å². The Morgan fingerprint density at radius 3 is 2.71 bits per heavy atom. The Hall–Kier alpha value is -2.02. The highest BCUT2D eigenvalue weighted by molar-refractivity contribution is 8.01. The Morgan fingerprint density at radius 2 is 2.05 bits per heavy atom. The lowest BCUT2D eigenvalue weighted by atomic mass is 10.1. The van der Waals surface area contributed by atoms with Crippen molar-refractivity contribution in [3.8, 4) is 0 Å². The van der Waals surface area contributed by atoms with Gasteiger partial charge in [0.2, 0.25) is 11.8 Å². The summed E-state index contributed by atoms with van der Waals surface area (Å²) in [6.07, 6.45) is 0.213. The number of nitrogens with one attached hydrogen (secondary N) is 1. The zero-order valence-electron chi connectivity index (χ0n) is 11.1. The van der Waals surface area contributed by atoms with Gasteiger partial charge in [0.15, 0.2) is 0 Å². The van der Waals surface area contributed by atoms with Crippen molar-refractivity contribution < 1.29 is 19.5 Å². The van der Waals surface area contributed by atoms with Crippen molar-refractivity contribution in [1.29, 1.82) is 0 Å². The summed E-state index contributed by atoms with van der Waals surface area (Å²) in [5.41, 5.74) is 0.876. The molecule has 1 aromatic carbocycles. The summed E-state index contributed by atoms with van der Waals surface area (Å²) < 4.78 is 0. The van der Waals surface area contributed by atoms with Gasteiger partial charge in [-0.25, -0.2) is 0 Å². The summed E-state index contributed by atoms with van der Waals surface area (Å²) in [7, 11) is 0. The molecule has 2 N–H and O–H groups in total. The van der Waals surface area contributed by atoms with Crippen LogP contribution in [0, 0.1) is 0 Å². The third kappa shape index (κ3) is 2.61. The Bertz CT molecular complexity index is 592. The SMILES string of the molecule is O=C(Cc1ccccc1)N[C@@H]1C(=O)N2CC(C(=O)O)S[C@H]12. The maximum absolute atomic E-state index is 12.0. The average Bonchev–Trinajstić information content (AvgIpc) is 2.87. The van der Waals surface area contributed by atoms with Crippen LogP contribution in [0.15, 0.2) is 30.3 Å². The van der Waals surface area contributed by atoms with Crippen LogP contribution in [0.3, 0.4) is 0 Å². The molecule has 3 rings (SSSR count). The molecule has 2 fully saturated rings. The van der Waals surface area contributed by atoms with Gasteiger partial charge in [-0.3, -0.25) is 14.4 Å². The largest absolute Gasteiger partial charge is 0.480 e. The second-order valence-electron chi connectivity index (χ2n) is 5.05. The third-order valence-corrected chi connectivity index (χ3v) is 5.09. The molecule has 0 radical (unpaired) electrons. The molecule has 0 aliphatic carbocycles. The molecule has 110 valence electrons. The number of aliphatic carboxylic acids is 1. The summed E-state index contributed by atoms with van der Waals surface area (Å²) in [5.74, 6) is -1.34. The van der Waals surface area contributed by atoms with Crippen LogP contribution >= 0.6 is 11.8 Å². The molecule has 0 saturated carbocycles. The topological polar surface area (TPSA) is 86.7 Å². The van der Waals surface area contributed by atoms with Gasteiger partial charge in [0.1, 0.15) is 16.7 Å². The molecular formula is C14H14N2O4S. The fraction of sp³-hybridized carbons (Fsp3) is 0.357. The van der Waals surface area contributed by atoms with Crippen molar-refractivity contribution >= 4 is 29.5 Å². The Morgan fingerprint density at radius 1 is 1.33 bits per heavy atom. The van der Waals surface area contributed by atoms with Gasteiger partial charge in [0.25, 0.3) is 0 Å². The smallest absolute Gasteiger partial charge is 0.318 e. The van der Waals surface area contributed by atoms with E-state index >= 15 is 0 Å². The third-order valence-electron chi connectivity index (χ3n) is 3.61. The van der Waals surface area contributed by atoms with Gasteiger partial charge < -0.3 is 15.3 Å². The molecule has 0 aromatic heterocycles. The second kappa shape index (κ2) is 5.40. The number of carbonyl (C=O) groups excluding carboxylic acids is 2. The number of thioether (sulfide) groups is 1. The second-order valence-corrected chi connectivity index (χ2v) is 6.38. The number of amides is 2. The minimum Gasteiger partial charge on any atom is -0.480 e. The van der Waals surface area contributed by atoms with Crippen LogP contribution in [0.1, 0.15) is 5.56 Å². The van der Waals surface area contributed by atoms with Crippen LogP contribution in [0.5, 0.6) is 0 Å². The number of hydrogen-bond acceptors (Lipinski definition) is 4. The number of fused-ring (bicyclic) bond motifs is 1. The molecule has 2 amide bonds. The van der Waals surface area contributed by atoms with E-state index in [1.54, 1.807) is 0 Å². The van der Waals surface area contributed by atoms with Gasteiger partial charge in [0.05, 0.1) is 6.42 Å². The molecule has 6 nitrogen and oxygen atoms in total. The van der Waals surface area contributed by atoms with E-state index < -0.39 is 17.3 Å². The molecule has 0 bridgehead atoms. The molecular weight excluding hydrogens is 292 g/mol. The number of carbonyl (C=O) groups is 3. The summed E-state index contributed by atoms with van der Waals surface area (Å²) in [6.45, 7) is 0.217. The summed E-state index contributed by atoms with van der Waals surface area (Å²) in [6, 6.07) is 8.66. The van der Waals surface area contributed by atoms with E-state index in [0.29, 0.717) is 0 Å². The fourth-order valence-corrected chi connectivity index (χ4v) is 3.91. The first-order chi connectivity index (χ1) is 10.1. The Balaban J connectivity index is 1.58. The summed E-state index contributed by atoms with van der Waals surface area (Å²) >= 11 is 1.22. The van der Waals surface area contributed by atoms with Crippen LogP contribution in [-0.4, -0.2) is 51.0 Å². The summed E-state index contributed by atoms with van der Waals surface area (Å²) in [5, 5.41) is 10.8. The van der Waals surface area contributed by atoms with Gasteiger partial charge in [-0.1, -0.05) is 30.3 Å². The van der Waals surface area contributed by atoms with Gasteiger partial charge in [-0.05, 0) is 5.56 Å². The minimum absolute atomic E-state index is 0.197. The van der Waals surface area contributed by atoms with Crippen molar-refractivity contribution in [3.63, 3.8) is 0 Å². The first-order valence-corrected chi connectivity index (χ1v) is 7.52. The maximum atomic E-state index is 12.0. The molecule has 21 heavy (non-hydrogen) atoms. The average molecular weight is 306 g/mol. The molecule has 1 unspecified atom stereocenters. The molecule has 3 atom stereocenters. The van der Waals surface area contributed by atoms with E-state index in [9.17, 15) is 14.4 Å². The van der Waals surface area contributed by atoms with Crippen LogP contribution in [0.25, 0.3) is 0 Å². The van der Waals surface area contributed by atoms with Crippen molar-refractivity contribution in [2.45, 2.75) is 23.1 Å². The lowest BCUT2D eigenvalue weighted by molar-refractivity contribution is -0.148. The van der Waals surface area contributed by atoms with E-state index in [2.05, 4.69) is 5.32 Å². The van der Waals surface area contributed by atoms with E-state index in [0.717, 1.165) is 5.56 Å². The Kier molecular flexibility index (Phi) is 3.59. The summed E-state index contributed by atoms with van der Waals surface area (Å²) in [4.78, 5) is 36.3. The van der Waals surface area contributed by atoms with Crippen LogP contribution in [0.2, 0.25) is 0 Å². The number of β-lactam (4-membered cyclic amide) rings is 1. The lowest BCUT2D eigenvalue weighted by Gasteiger charge is -2.41. The molecule has 2 saturated heterocycles. The van der Waals surface area contributed by atoms with Crippen LogP contribution in [0.4, 0.5) is 0 Å². The lowest BCUT2D eigenvalue weighted by Crippen LogP contribution is -2.67. The van der Waals surface area contributed by atoms with Gasteiger partial charge >= 0.3 is 5.97 Å². The molecule has 7 heteroatoms. The first kappa shape index (κ1) is 13.9. The van der Waals surface area contributed by atoms with Gasteiger partial charge in [0, 0.05) is 6.54 Å². The molecule has 2 aliphatic rings. The van der Waals surface area contributed by atoms with Crippen molar-refractivity contribution in [2.75, 3.05) is 6.54 Å². The number of rotatable bonds is 4. The Labute approximate surface area is 125 Å². The number of benzene rings is 1. The van der Waals surface area contributed by atoms with Crippen molar-refractivity contribution in [3.05, 3.63) is 35.9 Å². The van der Waals surface area contributed by atoms with Crippen molar-refractivity contribution in [1.82, 2.24) is 10.2 Å². The number of carboxylic acids is 1. The highest BCUT2D eigenvalue weighted by Crippen LogP contribution is 2.40. The van der Waals surface area contributed by atoms with E-state index in [-0.39, 0.29) is 30.2 Å². The zero-order chi connectivity index (χ0) is 15.0. The predicted octanol–water partition coefficient (Wildman–Crippen LogP) is 0.0822. The predicted molar refractivity (Wildman–Crippen MR) is 76.6 cm³/mol. The highest BCUT2D eigenvalue weighted by atomic mass is 32.2. The fourth-order valence-electron chi connectivity index (χ4n) is 2.53. The number of hydrogen-bond donors (Lipinski definition) is 2. The minimum atomic E-state index is -0.920. The molecule has 0 spiro atoms. The first-order valence-electron chi connectivity index (χ1n) is 6.58. The molecule has 1 aromatic rings. The van der Waals surface area contributed by atoms with Crippen molar-refractivity contribution in [2.24, 2.45) is 0 Å². The van der Waals surface area contributed by atoms with Gasteiger partial charge in [-0.2, -0.15) is 0 Å². The number of carboxylic acid groups (broad SMARTS) is 1. The monoisotopic (exact) mass is 306 g/mol. The van der Waals surface area contributed by atoms with E-state index in [1.807, 2.05) is 30.3 Å². The normalized spacial score (nSPS) is 27.0. The zero-order valence-corrected chi connectivity index (χ0v) is 11.9. The van der Waals surface area contributed by atoms with Crippen LogP contribution in [-0.2, 0) is 20.8 Å². The van der Waals surface area contributed by atoms with Gasteiger partial charge in [-0.15, -0.1) is 11.8 Å². The quantitative estimate of drug-likeness (QED) is 0.770. The molecule has 2 aliphatic heterocycles. The highest BCUT2D eigenvalue weighted by Gasteiger charge is 2.55. The maximum Gasteiger partial charge on any atom is 0.318 e.